The number of hydrogen-bond donors (Lipinski definition) is 2. The van der Waals surface area contributed by atoms with Gasteiger partial charge >= 0.3 is 0 Å². The fraction of sp³-hybridized carbons (Fsp3) is 0.158. The molecule has 0 aliphatic heterocycles. The highest BCUT2D eigenvalue weighted by atomic mass is 35.5. The first kappa shape index (κ1) is 18.6. The van der Waals surface area contributed by atoms with Crippen LogP contribution in [0.25, 0.3) is 10.9 Å². The summed E-state index contributed by atoms with van der Waals surface area (Å²) >= 11 is 5.71. The molecule has 0 bridgehead atoms. The van der Waals surface area contributed by atoms with Crippen LogP contribution >= 0.6 is 11.6 Å². The van der Waals surface area contributed by atoms with Crippen LogP contribution in [0.5, 0.6) is 0 Å². The highest BCUT2D eigenvalue weighted by molar-refractivity contribution is 7.89. The largest absolute Gasteiger partial charge is 0.361 e. The Labute approximate surface area is 156 Å². The molecule has 7 heteroatoms. The zero-order chi connectivity index (χ0) is 18.7. The Hall–Kier alpha value is -2.15. The molecule has 3 rings (SSSR count). The number of aromatic amines is 1. The number of rotatable bonds is 7. The van der Waals surface area contributed by atoms with E-state index < -0.39 is 15.8 Å². The molecule has 2 aromatic carbocycles. The minimum Gasteiger partial charge on any atom is -0.361 e. The molecule has 3 aromatic rings. The van der Waals surface area contributed by atoms with Crippen molar-refractivity contribution in [2.45, 2.75) is 23.8 Å². The average molecular weight is 393 g/mol. The number of halogens is 2. The Morgan fingerprint density at radius 2 is 2.04 bits per heavy atom. The third-order valence-corrected chi connectivity index (χ3v) is 5.92. The summed E-state index contributed by atoms with van der Waals surface area (Å²) < 4.78 is 41.3. The molecular formula is C19H18ClFN2O2S. The van der Waals surface area contributed by atoms with Gasteiger partial charge in [-0.3, -0.25) is 0 Å². The fourth-order valence-corrected chi connectivity index (χ4v) is 4.39. The molecule has 0 amide bonds. The first-order chi connectivity index (χ1) is 12.4. The number of sulfonamides is 1. The van der Waals surface area contributed by atoms with Gasteiger partial charge in [0.05, 0.1) is 9.92 Å². The Morgan fingerprint density at radius 3 is 2.77 bits per heavy atom. The SMILES string of the molecule is C=CC[C@@H](Cc1c[nH]c2ccccc12)NS(=O)(=O)c1ccc(F)c(Cl)c1. The molecule has 1 aromatic heterocycles. The van der Waals surface area contributed by atoms with Gasteiger partial charge < -0.3 is 4.98 Å². The molecule has 1 atom stereocenters. The van der Waals surface area contributed by atoms with E-state index in [1.807, 2.05) is 30.5 Å². The van der Waals surface area contributed by atoms with Crippen molar-refractivity contribution in [3.63, 3.8) is 0 Å². The molecule has 0 aliphatic carbocycles. The lowest BCUT2D eigenvalue weighted by Crippen LogP contribution is -2.36. The van der Waals surface area contributed by atoms with Crippen LogP contribution < -0.4 is 4.72 Å². The summed E-state index contributed by atoms with van der Waals surface area (Å²) in [6.07, 6.45) is 4.49. The highest BCUT2D eigenvalue weighted by Crippen LogP contribution is 2.22. The second-order valence-corrected chi connectivity index (χ2v) is 8.10. The molecule has 1 heterocycles. The fourth-order valence-electron chi connectivity index (χ4n) is 2.87. The maximum atomic E-state index is 13.3. The lowest BCUT2D eigenvalue weighted by atomic mass is 10.0. The van der Waals surface area contributed by atoms with Gasteiger partial charge in [0.25, 0.3) is 0 Å². The van der Waals surface area contributed by atoms with E-state index in [4.69, 9.17) is 11.6 Å². The Bertz CT molecular complexity index is 1050. The number of benzene rings is 2. The standard InChI is InChI=1S/C19H18ClFN2O2S/c1-2-5-14(10-13-12-22-19-7-4-3-6-16(13)19)23-26(24,25)15-8-9-18(21)17(20)11-15/h2-4,6-9,11-12,14,22-23H,1,5,10H2/t14-/m0/s1. The Morgan fingerprint density at radius 1 is 1.27 bits per heavy atom. The minimum atomic E-state index is -3.84. The van der Waals surface area contributed by atoms with Crippen molar-refractivity contribution in [1.82, 2.24) is 9.71 Å². The lowest BCUT2D eigenvalue weighted by Gasteiger charge is -2.17. The van der Waals surface area contributed by atoms with E-state index in [0.29, 0.717) is 12.8 Å². The smallest absolute Gasteiger partial charge is 0.240 e. The van der Waals surface area contributed by atoms with Crippen molar-refractivity contribution >= 4 is 32.5 Å². The maximum absolute atomic E-state index is 13.3. The van der Waals surface area contributed by atoms with E-state index in [0.717, 1.165) is 28.6 Å². The molecular weight excluding hydrogens is 375 g/mol. The van der Waals surface area contributed by atoms with Crippen LogP contribution in [0.1, 0.15) is 12.0 Å². The van der Waals surface area contributed by atoms with E-state index in [-0.39, 0.29) is 16.0 Å². The van der Waals surface area contributed by atoms with Crippen molar-refractivity contribution < 1.29 is 12.8 Å². The van der Waals surface area contributed by atoms with Gasteiger partial charge in [-0.25, -0.2) is 17.5 Å². The quantitative estimate of drug-likeness (QED) is 0.584. The van der Waals surface area contributed by atoms with E-state index in [2.05, 4.69) is 16.3 Å². The molecule has 0 aliphatic rings. The number of hydrogen-bond acceptors (Lipinski definition) is 2. The van der Waals surface area contributed by atoms with Crippen LogP contribution in [0.3, 0.4) is 0 Å². The molecule has 0 spiro atoms. The minimum absolute atomic E-state index is 0.0723. The van der Waals surface area contributed by atoms with Crippen LogP contribution in [0, 0.1) is 5.82 Å². The molecule has 4 nitrogen and oxygen atoms in total. The molecule has 0 saturated carbocycles. The zero-order valence-corrected chi connectivity index (χ0v) is 15.4. The van der Waals surface area contributed by atoms with Gasteiger partial charge in [-0.2, -0.15) is 0 Å². The Balaban J connectivity index is 1.85. The van der Waals surface area contributed by atoms with Crippen LogP contribution in [-0.4, -0.2) is 19.4 Å². The predicted octanol–water partition coefficient (Wildman–Crippen LogP) is 4.43. The molecule has 0 fully saturated rings. The molecule has 136 valence electrons. The molecule has 0 saturated heterocycles. The number of aromatic nitrogens is 1. The van der Waals surface area contributed by atoms with Crippen molar-refractivity contribution in [3.8, 4) is 0 Å². The summed E-state index contributed by atoms with van der Waals surface area (Å²) in [5.74, 6) is -0.660. The summed E-state index contributed by atoms with van der Waals surface area (Å²) in [5, 5.41) is 0.815. The van der Waals surface area contributed by atoms with Gasteiger partial charge in [0.15, 0.2) is 0 Å². The summed E-state index contributed by atoms with van der Waals surface area (Å²) in [5.41, 5.74) is 2.00. The Kier molecular flexibility index (Phi) is 5.46. The molecule has 0 unspecified atom stereocenters. The number of fused-ring (bicyclic) bond motifs is 1. The third kappa shape index (κ3) is 3.98. The summed E-state index contributed by atoms with van der Waals surface area (Å²) in [7, 11) is -3.84. The third-order valence-electron chi connectivity index (χ3n) is 4.12. The second-order valence-electron chi connectivity index (χ2n) is 5.98. The van der Waals surface area contributed by atoms with Crippen molar-refractivity contribution in [3.05, 3.63) is 77.7 Å². The monoisotopic (exact) mass is 392 g/mol. The summed E-state index contributed by atoms with van der Waals surface area (Å²) in [6, 6.07) is 10.8. The second kappa shape index (κ2) is 7.61. The number of nitrogens with one attached hydrogen (secondary N) is 2. The molecule has 0 radical (unpaired) electrons. The highest BCUT2D eigenvalue weighted by Gasteiger charge is 2.21. The lowest BCUT2D eigenvalue weighted by molar-refractivity contribution is 0.547. The summed E-state index contributed by atoms with van der Waals surface area (Å²) in [6.45, 7) is 3.71. The average Bonchev–Trinajstić information content (AvgIpc) is 3.00. The van der Waals surface area contributed by atoms with Gasteiger partial charge in [-0.05, 0) is 42.7 Å². The van der Waals surface area contributed by atoms with Gasteiger partial charge in [-0.15, -0.1) is 6.58 Å². The van der Waals surface area contributed by atoms with Crippen molar-refractivity contribution in [2.24, 2.45) is 0 Å². The normalized spacial score (nSPS) is 13.0. The van der Waals surface area contributed by atoms with E-state index in [9.17, 15) is 12.8 Å². The molecule has 2 N–H and O–H groups in total. The number of para-hydroxylation sites is 1. The number of H-pyrrole nitrogens is 1. The molecule has 26 heavy (non-hydrogen) atoms. The van der Waals surface area contributed by atoms with Gasteiger partial charge in [-0.1, -0.05) is 35.9 Å². The van der Waals surface area contributed by atoms with Crippen molar-refractivity contribution in [1.29, 1.82) is 0 Å². The predicted molar refractivity (Wildman–Crippen MR) is 102 cm³/mol. The topological polar surface area (TPSA) is 62.0 Å². The van der Waals surface area contributed by atoms with Crippen molar-refractivity contribution in [2.75, 3.05) is 0 Å². The van der Waals surface area contributed by atoms with Gasteiger partial charge in [0.1, 0.15) is 5.82 Å². The van der Waals surface area contributed by atoms with E-state index in [1.165, 1.54) is 6.07 Å². The summed E-state index contributed by atoms with van der Waals surface area (Å²) in [4.78, 5) is 3.11. The van der Waals surface area contributed by atoms with E-state index in [1.54, 1.807) is 6.08 Å². The van der Waals surface area contributed by atoms with Crippen LogP contribution in [0.4, 0.5) is 4.39 Å². The maximum Gasteiger partial charge on any atom is 0.240 e. The first-order valence-electron chi connectivity index (χ1n) is 8.04. The van der Waals surface area contributed by atoms with E-state index >= 15 is 0 Å². The van der Waals surface area contributed by atoms with Crippen LogP contribution in [0.2, 0.25) is 5.02 Å². The first-order valence-corrected chi connectivity index (χ1v) is 9.90. The van der Waals surface area contributed by atoms with Crippen LogP contribution in [-0.2, 0) is 16.4 Å². The zero-order valence-electron chi connectivity index (χ0n) is 13.9. The van der Waals surface area contributed by atoms with Gasteiger partial charge in [0, 0.05) is 23.1 Å². The van der Waals surface area contributed by atoms with Crippen LogP contribution in [0.15, 0.2) is 66.2 Å². The van der Waals surface area contributed by atoms with Gasteiger partial charge in [0.2, 0.25) is 10.0 Å².